The summed E-state index contributed by atoms with van der Waals surface area (Å²) in [5.74, 6) is 0.719. The highest BCUT2D eigenvalue weighted by Gasteiger charge is 2.05. The molecule has 0 aromatic carbocycles. The molecule has 0 unspecified atom stereocenters. The van der Waals surface area contributed by atoms with Gasteiger partial charge in [0, 0.05) is 11.1 Å². The fourth-order valence-corrected chi connectivity index (χ4v) is 1.99. The van der Waals surface area contributed by atoms with Gasteiger partial charge in [-0.2, -0.15) is 0 Å². The van der Waals surface area contributed by atoms with Crippen LogP contribution in [0.3, 0.4) is 0 Å². The molecule has 14 heavy (non-hydrogen) atoms. The van der Waals surface area contributed by atoms with E-state index in [1.54, 1.807) is 5.51 Å². The molecule has 0 aliphatic heterocycles. The minimum absolute atomic E-state index is 0.559. The molecule has 3 nitrogen and oxygen atoms in total. The van der Waals surface area contributed by atoms with Gasteiger partial charge in [0.1, 0.15) is 10.3 Å². The van der Waals surface area contributed by atoms with Crippen molar-refractivity contribution in [1.29, 1.82) is 0 Å². The second kappa shape index (κ2) is 3.88. The van der Waals surface area contributed by atoms with Gasteiger partial charge in [-0.05, 0) is 22.9 Å². The number of hydrogen-bond acceptors (Lipinski definition) is 4. The summed E-state index contributed by atoms with van der Waals surface area (Å²) < 4.78 is 1.40. The van der Waals surface area contributed by atoms with Crippen LogP contribution in [-0.2, 0) is 0 Å². The molecule has 2 rings (SSSR count). The summed E-state index contributed by atoms with van der Waals surface area (Å²) in [5, 5.41) is 1.93. The quantitative estimate of drug-likeness (QED) is 0.818. The van der Waals surface area contributed by atoms with Crippen LogP contribution in [0.15, 0.2) is 15.4 Å². The SMILES string of the molecule is Cc1[nH]c(-c2cscn2)nc(=S)c1Br. The third-order valence-corrected chi connectivity index (χ3v) is 3.83. The van der Waals surface area contributed by atoms with Crippen molar-refractivity contribution >= 4 is 39.5 Å². The summed E-state index contributed by atoms with van der Waals surface area (Å²) in [6.45, 7) is 1.94. The first-order chi connectivity index (χ1) is 6.68. The van der Waals surface area contributed by atoms with Crippen LogP contribution in [0.5, 0.6) is 0 Å². The third kappa shape index (κ3) is 1.77. The lowest BCUT2D eigenvalue weighted by molar-refractivity contribution is 1.07. The molecule has 2 aromatic heterocycles. The van der Waals surface area contributed by atoms with Crippen LogP contribution in [0.1, 0.15) is 5.69 Å². The topological polar surface area (TPSA) is 41.6 Å². The van der Waals surface area contributed by atoms with Crippen LogP contribution in [0, 0.1) is 11.6 Å². The smallest absolute Gasteiger partial charge is 0.158 e. The molecular weight excluding hydrogens is 282 g/mol. The molecular formula is C8H6BrN3S2. The Hall–Kier alpha value is -0.590. The van der Waals surface area contributed by atoms with Gasteiger partial charge >= 0.3 is 0 Å². The Bertz CT molecular complexity index is 504. The summed E-state index contributed by atoms with van der Waals surface area (Å²) in [5.41, 5.74) is 3.57. The standard InChI is InChI=1S/C8H6BrN3S2/c1-4-6(9)8(13)12-7(11-4)5-2-14-3-10-5/h2-3H,1H3,(H,11,12,13). The molecule has 0 spiro atoms. The van der Waals surface area contributed by atoms with E-state index in [4.69, 9.17) is 12.2 Å². The number of hydrogen-bond donors (Lipinski definition) is 1. The van der Waals surface area contributed by atoms with Crippen molar-refractivity contribution in [2.45, 2.75) is 6.92 Å². The Morgan fingerprint density at radius 1 is 1.57 bits per heavy atom. The zero-order chi connectivity index (χ0) is 10.1. The van der Waals surface area contributed by atoms with Gasteiger partial charge in [-0.1, -0.05) is 12.2 Å². The Kier molecular flexibility index (Phi) is 2.76. The number of nitrogens with zero attached hydrogens (tertiary/aromatic N) is 2. The number of halogens is 1. The maximum atomic E-state index is 5.10. The fourth-order valence-electron chi connectivity index (χ4n) is 1.02. The fraction of sp³-hybridized carbons (Fsp3) is 0.125. The molecule has 2 aromatic rings. The van der Waals surface area contributed by atoms with Crippen LogP contribution in [0.25, 0.3) is 11.5 Å². The number of aryl methyl sites for hydroxylation is 1. The van der Waals surface area contributed by atoms with E-state index in [2.05, 4.69) is 30.9 Å². The highest BCUT2D eigenvalue weighted by molar-refractivity contribution is 9.10. The highest BCUT2D eigenvalue weighted by Crippen LogP contribution is 2.20. The molecule has 72 valence electrons. The molecule has 0 saturated heterocycles. The zero-order valence-corrected chi connectivity index (χ0v) is 10.5. The number of aromatic nitrogens is 3. The van der Waals surface area contributed by atoms with E-state index in [1.807, 2.05) is 12.3 Å². The molecule has 0 radical (unpaired) electrons. The Labute approximate surface area is 98.4 Å². The number of rotatable bonds is 1. The number of nitrogens with one attached hydrogen (secondary N) is 1. The van der Waals surface area contributed by atoms with Gasteiger partial charge in [0.25, 0.3) is 0 Å². The van der Waals surface area contributed by atoms with Crippen LogP contribution >= 0.6 is 39.5 Å². The number of H-pyrrole nitrogens is 1. The van der Waals surface area contributed by atoms with Crippen molar-refractivity contribution in [3.8, 4) is 11.5 Å². The molecule has 6 heteroatoms. The van der Waals surface area contributed by atoms with Crippen molar-refractivity contribution in [2.75, 3.05) is 0 Å². The monoisotopic (exact) mass is 287 g/mol. The van der Waals surface area contributed by atoms with Crippen molar-refractivity contribution in [3.63, 3.8) is 0 Å². The first-order valence-electron chi connectivity index (χ1n) is 3.83. The third-order valence-electron chi connectivity index (χ3n) is 1.71. The average Bonchev–Trinajstić information content (AvgIpc) is 2.66. The summed E-state index contributed by atoms with van der Waals surface area (Å²) in [4.78, 5) is 11.5. The first-order valence-corrected chi connectivity index (χ1v) is 5.98. The maximum absolute atomic E-state index is 5.10. The number of thiazole rings is 1. The molecule has 1 N–H and O–H groups in total. The van der Waals surface area contributed by atoms with Crippen molar-refractivity contribution in [2.24, 2.45) is 0 Å². The second-order valence-electron chi connectivity index (χ2n) is 2.70. The molecule has 0 fully saturated rings. The maximum Gasteiger partial charge on any atom is 0.158 e. The molecule has 2 heterocycles. The van der Waals surface area contributed by atoms with E-state index >= 15 is 0 Å². The van der Waals surface area contributed by atoms with E-state index in [0.717, 1.165) is 21.7 Å². The minimum atomic E-state index is 0.559. The summed E-state index contributed by atoms with van der Waals surface area (Å²) in [7, 11) is 0. The lowest BCUT2D eigenvalue weighted by Crippen LogP contribution is -1.94. The molecule has 0 amide bonds. The van der Waals surface area contributed by atoms with Crippen LogP contribution in [0.2, 0.25) is 0 Å². The van der Waals surface area contributed by atoms with Gasteiger partial charge in [0.2, 0.25) is 0 Å². The molecule has 0 aliphatic rings. The Morgan fingerprint density at radius 3 is 2.93 bits per heavy atom. The van der Waals surface area contributed by atoms with Crippen LogP contribution in [-0.4, -0.2) is 15.0 Å². The lowest BCUT2D eigenvalue weighted by atomic mass is 10.4. The lowest BCUT2D eigenvalue weighted by Gasteiger charge is -2.01. The Balaban J connectivity index is 2.63. The highest BCUT2D eigenvalue weighted by atomic mass is 79.9. The molecule has 0 atom stereocenters. The molecule has 0 saturated carbocycles. The summed E-state index contributed by atoms with van der Waals surface area (Å²) in [6, 6.07) is 0. The van der Waals surface area contributed by atoms with Gasteiger partial charge in [-0.15, -0.1) is 11.3 Å². The van der Waals surface area contributed by atoms with Crippen molar-refractivity contribution in [1.82, 2.24) is 15.0 Å². The van der Waals surface area contributed by atoms with Gasteiger partial charge in [0.15, 0.2) is 5.82 Å². The van der Waals surface area contributed by atoms with E-state index in [0.29, 0.717) is 4.64 Å². The first kappa shape index (κ1) is 9.95. The van der Waals surface area contributed by atoms with Crippen LogP contribution in [0.4, 0.5) is 0 Å². The predicted molar refractivity (Wildman–Crippen MR) is 63.0 cm³/mol. The predicted octanol–water partition coefficient (Wildman–Crippen LogP) is 3.33. The van der Waals surface area contributed by atoms with Gasteiger partial charge < -0.3 is 4.98 Å². The van der Waals surface area contributed by atoms with E-state index < -0.39 is 0 Å². The normalized spacial score (nSPS) is 10.4. The van der Waals surface area contributed by atoms with E-state index in [9.17, 15) is 0 Å². The minimum Gasteiger partial charge on any atom is -0.341 e. The number of aromatic amines is 1. The summed E-state index contributed by atoms with van der Waals surface area (Å²) in [6.07, 6.45) is 0. The van der Waals surface area contributed by atoms with Gasteiger partial charge in [-0.25, -0.2) is 9.97 Å². The van der Waals surface area contributed by atoms with Crippen LogP contribution < -0.4 is 0 Å². The average molecular weight is 288 g/mol. The van der Waals surface area contributed by atoms with Crippen molar-refractivity contribution < 1.29 is 0 Å². The molecule has 0 aliphatic carbocycles. The van der Waals surface area contributed by atoms with Crippen molar-refractivity contribution in [3.05, 3.63) is 25.7 Å². The second-order valence-corrected chi connectivity index (χ2v) is 4.60. The Morgan fingerprint density at radius 2 is 2.36 bits per heavy atom. The van der Waals surface area contributed by atoms with Gasteiger partial charge in [-0.3, -0.25) is 0 Å². The largest absolute Gasteiger partial charge is 0.341 e. The van der Waals surface area contributed by atoms with E-state index in [-0.39, 0.29) is 0 Å². The zero-order valence-electron chi connectivity index (χ0n) is 7.24. The van der Waals surface area contributed by atoms with Gasteiger partial charge in [0.05, 0.1) is 9.98 Å². The molecule has 0 bridgehead atoms. The summed E-state index contributed by atoms with van der Waals surface area (Å²) >= 11 is 9.99. The van der Waals surface area contributed by atoms with E-state index in [1.165, 1.54) is 11.3 Å².